The lowest BCUT2D eigenvalue weighted by atomic mass is 10.00. The molecule has 0 radical (unpaired) electrons. The number of nitrogens with one attached hydrogen (secondary N) is 1. The van der Waals surface area contributed by atoms with Crippen LogP contribution in [0.15, 0.2) is 24.3 Å². The van der Waals surface area contributed by atoms with Gasteiger partial charge in [-0.1, -0.05) is 0 Å². The van der Waals surface area contributed by atoms with Crippen LogP contribution < -0.4 is 15.0 Å². The van der Waals surface area contributed by atoms with Gasteiger partial charge in [-0.15, -0.1) is 0 Å². The van der Waals surface area contributed by atoms with Gasteiger partial charge in [0.15, 0.2) is 0 Å². The third kappa shape index (κ3) is 5.71. The summed E-state index contributed by atoms with van der Waals surface area (Å²) in [5.41, 5.74) is 2.39. The number of carbonyl (C=O) groups is 1. The van der Waals surface area contributed by atoms with Gasteiger partial charge in [0.25, 0.3) is 0 Å². The first-order valence-corrected chi connectivity index (χ1v) is 12.6. The first-order chi connectivity index (χ1) is 17.5. The van der Waals surface area contributed by atoms with E-state index in [0.29, 0.717) is 57.8 Å². The van der Waals surface area contributed by atoms with Gasteiger partial charge in [-0.2, -0.15) is 4.98 Å². The summed E-state index contributed by atoms with van der Waals surface area (Å²) in [4.78, 5) is 21.4. The van der Waals surface area contributed by atoms with Crippen LogP contribution in [0.5, 0.6) is 5.88 Å². The third-order valence-corrected chi connectivity index (χ3v) is 6.86. The molecule has 194 valence electrons. The molecule has 3 aliphatic rings. The number of morpholine rings is 2. The second-order valence-corrected chi connectivity index (χ2v) is 9.49. The number of aliphatic hydroxyl groups excluding tert-OH is 1. The number of benzene rings is 1. The number of halogens is 1. The van der Waals surface area contributed by atoms with Crippen LogP contribution in [0.4, 0.5) is 20.7 Å². The minimum Gasteiger partial charge on any atom is -0.475 e. The molecule has 0 bridgehead atoms. The van der Waals surface area contributed by atoms with Crippen LogP contribution in [0.25, 0.3) is 11.1 Å². The number of amides is 2. The first kappa shape index (κ1) is 24.7. The lowest BCUT2D eigenvalue weighted by Gasteiger charge is -2.33. The number of aliphatic hydroxyl groups is 1. The molecular weight excluding hydrogens is 467 g/mol. The molecule has 1 saturated carbocycles. The zero-order valence-electron chi connectivity index (χ0n) is 20.5. The Kier molecular flexibility index (Phi) is 7.54. The Morgan fingerprint density at radius 1 is 1.19 bits per heavy atom. The molecule has 2 amide bonds. The lowest BCUT2D eigenvalue weighted by molar-refractivity contribution is -0.0234. The SMILES string of the molecule is Cc1cc(F)c(NC(=O)N2CCOC(C3CC3)C2)cc1-c1cc(OCCO)nc(N2CCOCC2)c1. The summed E-state index contributed by atoms with van der Waals surface area (Å²) in [7, 11) is 0. The van der Waals surface area contributed by atoms with E-state index in [2.05, 4.69) is 15.2 Å². The van der Waals surface area contributed by atoms with E-state index in [1.807, 2.05) is 13.0 Å². The number of hydrogen-bond donors (Lipinski definition) is 2. The van der Waals surface area contributed by atoms with Gasteiger partial charge >= 0.3 is 6.03 Å². The number of rotatable bonds is 7. The number of aromatic nitrogens is 1. The molecule has 5 rings (SSSR count). The van der Waals surface area contributed by atoms with Gasteiger partial charge < -0.3 is 34.4 Å². The normalized spacial score (nSPS) is 20.4. The maximum Gasteiger partial charge on any atom is 0.322 e. The molecule has 9 nitrogen and oxygen atoms in total. The number of urea groups is 1. The Morgan fingerprint density at radius 3 is 2.75 bits per heavy atom. The highest BCUT2D eigenvalue weighted by molar-refractivity contribution is 5.91. The van der Waals surface area contributed by atoms with Gasteiger partial charge in [-0.05, 0) is 60.6 Å². The number of ether oxygens (including phenoxy) is 3. The van der Waals surface area contributed by atoms with Gasteiger partial charge in [0.2, 0.25) is 5.88 Å². The van der Waals surface area contributed by atoms with Crippen LogP contribution in [-0.4, -0.2) is 86.3 Å². The second kappa shape index (κ2) is 11.0. The Labute approximate surface area is 210 Å². The monoisotopic (exact) mass is 500 g/mol. The number of anilines is 2. The summed E-state index contributed by atoms with van der Waals surface area (Å²) < 4.78 is 31.9. The zero-order valence-corrected chi connectivity index (χ0v) is 20.5. The second-order valence-electron chi connectivity index (χ2n) is 9.49. The Bertz CT molecular complexity index is 1090. The smallest absolute Gasteiger partial charge is 0.322 e. The summed E-state index contributed by atoms with van der Waals surface area (Å²) >= 11 is 0. The van der Waals surface area contributed by atoms with Crippen molar-refractivity contribution < 1.29 is 28.5 Å². The maximum atomic E-state index is 15.0. The van der Waals surface area contributed by atoms with Crippen molar-refractivity contribution in [1.29, 1.82) is 0 Å². The Balaban J connectivity index is 1.41. The van der Waals surface area contributed by atoms with Gasteiger partial charge in [0.1, 0.15) is 18.2 Å². The van der Waals surface area contributed by atoms with Gasteiger partial charge in [-0.3, -0.25) is 0 Å². The average Bonchev–Trinajstić information content (AvgIpc) is 3.75. The predicted octanol–water partition coefficient (Wildman–Crippen LogP) is 3.05. The summed E-state index contributed by atoms with van der Waals surface area (Å²) in [5, 5.41) is 12.0. The van der Waals surface area contributed by atoms with E-state index < -0.39 is 5.82 Å². The molecule has 1 unspecified atom stereocenters. The first-order valence-electron chi connectivity index (χ1n) is 12.6. The molecule has 0 spiro atoms. The Morgan fingerprint density at radius 2 is 2.00 bits per heavy atom. The van der Waals surface area contributed by atoms with Crippen LogP contribution >= 0.6 is 0 Å². The summed E-state index contributed by atoms with van der Waals surface area (Å²) in [6, 6.07) is 6.47. The van der Waals surface area contributed by atoms with Crippen LogP contribution in [0.1, 0.15) is 18.4 Å². The van der Waals surface area contributed by atoms with Crippen LogP contribution in [0.2, 0.25) is 0 Å². The lowest BCUT2D eigenvalue weighted by Crippen LogP contribution is -2.48. The fraction of sp³-hybridized carbons (Fsp3) is 0.538. The van der Waals surface area contributed by atoms with E-state index >= 15 is 0 Å². The number of pyridine rings is 1. The van der Waals surface area contributed by atoms with Gasteiger partial charge in [0.05, 0.1) is 38.2 Å². The molecule has 1 aromatic heterocycles. The van der Waals surface area contributed by atoms with Crippen molar-refractivity contribution in [3.63, 3.8) is 0 Å². The molecule has 2 saturated heterocycles. The van der Waals surface area contributed by atoms with Crippen LogP contribution in [-0.2, 0) is 9.47 Å². The van der Waals surface area contributed by atoms with Crippen molar-refractivity contribution in [3.05, 3.63) is 35.6 Å². The van der Waals surface area contributed by atoms with E-state index in [4.69, 9.17) is 14.2 Å². The number of aryl methyl sites for hydroxylation is 1. The molecule has 10 heteroatoms. The van der Waals surface area contributed by atoms with Gasteiger partial charge in [0, 0.05) is 32.2 Å². The van der Waals surface area contributed by atoms with E-state index in [9.17, 15) is 14.3 Å². The van der Waals surface area contributed by atoms with E-state index in [1.165, 1.54) is 6.07 Å². The number of carbonyl (C=O) groups excluding carboxylic acids is 1. The fourth-order valence-corrected chi connectivity index (χ4v) is 4.71. The van der Waals surface area contributed by atoms with Crippen molar-refractivity contribution in [1.82, 2.24) is 9.88 Å². The Hall–Kier alpha value is -2.95. The fourth-order valence-electron chi connectivity index (χ4n) is 4.71. The highest BCUT2D eigenvalue weighted by Gasteiger charge is 2.36. The number of nitrogens with zero attached hydrogens (tertiary/aromatic N) is 3. The minimum atomic E-state index is -0.490. The molecule has 2 N–H and O–H groups in total. The topological polar surface area (TPSA) is 96.4 Å². The van der Waals surface area contributed by atoms with Crippen molar-refractivity contribution in [2.24, 2.45) is 5.92 Å². The van der Waals surface area contributed by atoms with Crippen LogP contribution in [0.3, 0.4) is 0 Å². The molecule has 36 heavy (non-hydrogen) atoms. The summed E-state index contributed by atoms with van der Waals surface area (Å²) in [6.45, 7) is 5.91. The third-order valence-electron chi connectivity index (χ3n) is 6.86. The van der Waals surface area contributed by atoms with Crippen molar-refractivity contribution >= 4 is 17.5 Å². The molecular formula is C26H33FN4O5. The summed E-state index contributed by atoms with van der Waals surface area (Å²) in [5.74, 6) is 1.13. The molecule has 2 aliphatic heterocycles. The van der Waals surface area contributed by atoms with E-state index in [0.717, 1.165) is 35.3 Å². The highest BCUT2D eigenvalue weighted by atomic mass is 19.1. The largest absolute Gasteiger partial charge is 0.475 e. The molecule has 1 aromatic carbocycles. The molecule has 3 fully saturated rings. The number of hydrogen-bond acceptors (Lipinski definition) is 7. The van der Waals surface area contributed by atoms with Crippen molar-refractivity contribution in [2.75, 3.05) is 69.4 Å². The van der Waals surface area contributed by atoms with Crippen LogP contribution in [0, 0.1) is 18.7 Å². The standard InChI is InChI=1S/C26H33FN4O5/c1-17-12-21(27)22(28-26(33)31-6-10-35-23(16-31)18-2-3-18)15-20(17)19-13-24(30-4-8-34-9-5-30)29-25(14-19)36-11-7-32/h12-15,18,23,32H,2-11,16H2,1H3,(H,28,33). The van der Waals surface area contributed by atoms with E-state index in [1.54, 1.807) is 17.0 Å². The molecule has 3 heterocycles. The average molecular weight is 501 g/mol. The highest BCUT2D eigenvalue weighted by Crippen LogP contribution is 2.36. The molecule has 1 aliphatic carbocycles. The summed E-state index contributed by atoms with van der Waals surface area (Å²) in [6.07, 6.45) is 2.34. The van der Waals surface area contributed by atoms with E-state index in [-0.39, 0.29) is 31.0 Å². The quantitative estimate of drug-likeness (QED) is 0.603. The molecule has 1 atom stereocenters. The zero-order chi connectivity index (χ0) is 25.1. The predicted molar refractivity (Wildman–Crippen MR) is 133 cm³/mol. The van der Waals surface area contributed by atoms with Crippen molar-refractivity contribution in [3.8, 4) is 17.0 Å². The minimum absolute atomic E-state index is 0.0655. The van der Waals surface area contributed by atoms with Gasteiger partial charge in [-0.25, -0.2) is 9.18 Å². The molecule has 2 aromatic rings. The van der Waals surface area contributed by atoms with Crippen molar-refractivity contribution in [2.45, 2.75) is 25.9 Å². The maximum absolute atomic E-state index is 15.0.